The number of rotatable bonds is 5. The van der Waals surface area contributed by atoms with Gasteiger partial charge in [0, 0.05) is 31.7 Å². The molecule has 0 aromatic carbocycles. The number of piperidine rings is 1. The lowest BCUT2D eigenvalue weighted by Crippen LogP contribution is -2.60. The average Bonchev–Trinajstić information content (AvgIpc) is 2.49. The van der Waals surface area contributed by atoms with Crippen LogP contribution in [0.1, 0.15) is 58.8 Å². The normalized spacial score (nSPS) is 25.3. The molecule has 2 fully saturated rings. The molecule has 0 spiro atoms. The van der Waals surface area contributed by atoms with Crippen LogP contribution < -0.4 is 5.73 Å². The van der Waals surface area contributed by atoms with Crippen molar-refractivity contribution in [3.8, 4) is 0 Å². The number of nitrogens with zero attached hydrogens (tertiary/aromatic N) is 2. The Morgan fingerprint density at radius 3 is 2.24 bits per heavy atom. The highest BCUT2D eigenvalue weighted by Crippen LogP contribution is 2.36. The zero-order chi connectivity index (χ0) is 15.5. The lowest BCUT2D eigenvalue weighted by molar-refractivity contribution is 0.128. The van der Waals surface area contributed by atoms with Crippen molar-refractivity contribution >= 4 is 10.2 Å². The second kappa shape index (κ2) is 6.94. The Morgan fingerprint density at radius 2 is 1.76 bits per heavy atom. The molecule has 0 aromatic rings. The van der Waals surface area contributed by atoms with Crippen LogP contribution in [0.2, 0.25) is 0 Å². The van der Waals surface area contributed by atoms with Crippen LogP contribution in [0.5, 0.6) is 0 Å². The van der Waals surface area contributed by atoms with Crippen LogP contribution in [0.4, 0.5) is 0 Å². The standard InChI is InChI=1S/C15H31N3O2S/c1-3-18(15(13-16)9-5-4-6-10-15)21(19,20)17-11-7-14(2)8-12-17/h14H,3-13,16H2,1-2H3. The molecule has 1 aliphatic carbocycles. The van der Waals surface area contributed by atoms with Gasteiger partial charge < -0.3 is 5.73 Å². The molecule has 1 aliphatic heterocycles. The van der Waals surface area contributed by atoms with E-state index in [2.05, 4.69) is 6.92 Å². The van der Waals surface area contributed by atoms with Crippen LogP contribution in [0, 0.1) is 5.92 Å². The molecule has 0 aromatic heterocycles. The van der Waals surface area contributed by atoms with Gasteiger partial charge in [0.25, 0.3) is 10.2 Å². The lowest BCUT2D eigenvalue weighted by atomic mass is 9.81. The van der Waals surface area contributed by atoms with Gasteiger partial charge in [-0.25, -0.2) is 0 Å². The molecule has 0 bridgehead atoms. The molecule has 124 valence electrons. The van der Waals surface area contributed by atoms with Gasteiger partial charge in [0.1, 0.15) is 0 Å². The Labute approximate surface area is 130 Å². The van der Waals surface area contributed by atoms with E-state index in [9.17, 15) is 8.42 Å². The second-order valence-electron chi connectivity index (χ2n) is 6.74. The molecular weight excluding hydrogens is 286 g/mol. The van der Waals surface area contributed by atoms with Crippen molar-refractivity contribution in [1.29, 1.82) is 0 Å². The smallest absolute Gasteiger partial charge is 0.282 e. The summed E-state index contributed by atoms with van der Waals surface area (Å²) in [5.74, 6) is 0.629. The summed E-state index contributed by atoms with van der Waals surface area (Å²) in [4.78, 5) is 0. The van der Waals surface area contributed by atoms with Crippen LogP contribution in [0.15, 0.2) is 0 Å². The Balaban J connectivity index is 2.22. The zero-order valence-corrected chi connectivity index (χ0v) is 14.4. The molecule has 2 rings (SSSR count). The summed E-state index contributed by atoms with van der Waals surface area (Å²) < 4.78 is 29.6. The van der Waals surface area contributed by atoms with E-state index >= 15 is 0 Å². The van der Waals surface area contributed by atoms with Gasteiger partial charge in [0.15, 0.2) is 0 Å². The Hall–Kier alpha value is -0.170. The van der Waals surface area contributed by atoms with Crippen molar-refractivity contribution in [3.63, 3.8) is 0 Å². The Morgan fingerprint density at radius 1 is 1.19 bits per heavy atom. The van der Waals surface area contributed by atoms with Crippen LogP contribution in [0.3, 0.4) is 0 Å². The maximum atomic E-state index is 13.1. The van der Waals surface area contributed by atoms with Crippen molar-refractivity contribution < 1.29 is 8.42 Å². The van der Waals surface area contributed by atoms with Gasteiger partial charge in [-0.3, -0.25) is 0 Å². The maximum absolute atomic E-state index is 13.1. The molecule has 5 nitrogen and oxygen atoms in total. The summed E-state index contributed by atoms with van der Waals surface area (Å²) in [5, 5.41) is 0. The van der Waals surface area contributed by atoms with Crippen molar-refractivity contribution in [2.24, 2.45) is 11.7 Å². The summed E-state index contributed by atoms with van der Waals surface area (Å²) in [6, 6.07) is 0. The number of likely N-dealkylation sites (N-methyl/N-ethyl adjacent to an activating group) is 1. The molecule has 2 N–H and O–H groups in total. The fraction of sp³-hybridized carbons (Fsp3) is 1.00. The van der Waals surface area contributed by atoms with Crippen LogP contribution in [0.25, 0.3) is 0 Å². The van der Waals surface area contributed by atoms with Gasteiger partial charge in [-0.05, 0) is 31.6 Å². The van der Waals surface area contributed by atoms with Crippen molar-refractivity contribution in [2.75, 3.05) is 26.2 Å². The molecule has 6 heteroatoms. The molecule has 1 saturated carbocycles. The van der Waals surface area contributed by atoms with E-state index in [-0.39, 0.29) is 5.54 Å². The monoisotopic (exact) mass is 317 g/mol. The number of hydrogen-bond acceptors (Lipinski definition) is 3. The summed E-state index contributed by atoms with van der Waals surface area (Å²) in [6.45, 7) is 6.40. The van der Waals surface area contributed by atoms with Gasteiger partial charge in [0.05, 0.1) is 0 Å². The van der Waals surface area contributed by atoms with E-state index in [0.29, 0.717) is 32.1 Å². The predicted molar refractivity (Wildman–Crippen MR) is 86.1 cm³/mol. The van der Waals surface area contributed by atoms with Crippen molar-refractivity contribution in [3.05, 3.63) is 0 Å². The highest BCUT2D eigenvalue weighted by molar-refractivity contribution is 7.86. The zero-order valence-electron chi connectivity index (χ0n) is 13.6. The highest BCUT2D eigenvalue weighted by Gasteiger charge is 2.44. The van der Waals surface area contributed by atoms with E-state index in [4.69, 9.17) is 5.73 Å². The third-order valence-electron chi connectivity index (χ3n) is 5.33. The first-order chi connectivity index (χ1) is 9.96. The average molecular weight is 317 g/mol. The molecule has 0 amide bonds. The first-order valence-electron chi connectivity index (χ1n) is 8.44. The Bertz CT molecular complexity index is 424. The molecule has 0 atom stereocenters. The Kier molecular flexibility index (Phi) is 5.68. The largest absolute Gasteiger partial charge is 0.329 e. The van der Waals surface area contributed by atoms with Gasteiger partial charge >= 0.3 is 0 Å². The van der Waals surface area contributed by atoms with E-state index in [0.717, 1.165) is 38.5 Å². The van der Waals surface area contributed by atoms with Gasteiger partial charge in [-0.2, -0.15) is 17.0 Å². The first kappa shape index (κ1) is 17.2. The molecule has 1 saturated heterocycles. The third-order valence-corrected chi connectivity index (χ3v) is 7.55. The number of nitrogens with two attached hydrogens (primary N) is 1. The van der Waals surface area contributed by atoms with Crippen molar-refractivity contribution in [2.45, 2.75) is 64.3 Å². The summed E-state index contributed by atoms with van der Waals surface area (Å²) in [5.41, 5.74) is 5.69. The quantitative estimate of drug-likeness (QED) is 0.843. The lowest BCUT2D eigenvalue weighted by Gasteiger charge is -2.46. The number of hydrogen-bond donors (Lipinski definition) is 1. The second-order valence-corrected chi connectivity index (χ2v) is 8.60. The van der Waals surface area contributed by atoms with Crippen LogP contribution >= 0.6 is 0 Å². The third kappa shape index (κ3) is 3.44. The fourth-order valence-corrected chi connectivity index (χ4v) is 5.89. The van der Waals surface area contributed by atoms with E-state index in [1.165, 1.54) is 6.42 Å². The van der Waals surface area contributed by atoms with Gasteiger partial charge in [-0.1, -0.05) is 33.1 Å². The molecule has 1 heterocycles. The van der Waals surface area contributed by atoms with E-state index < -0.39 is 10.2 Å². The minimum atomic E-state index is -3.38. The van der Waals surface area contributed by atoms with E-state index in [1.807, 2.05) is 6.92 Å². The fourth-order valence-electron chi connectivity index (χ4n) is 3.86. The minimum Gasteiger partial charge on any atom is -0.329 e. The predicted octanol–water partition coefficient (Wildman–Crippen LogP) is 1.95. The molecule has 21 heavy (non-hydrogen) atoms. The van der Waals surface area contributed by atoms with E-state index in [1.54, 1.807) is 8.61 Å². The summed E-state index contributed by atoms with van der Waals surface area (Å²) in [6.07, 6.45) is 7.10. The molecule has 0 unspecified atom stereocenters. The molecule has 2 aliphatic rings. The van der Waals surface area contributed by atoms with Gasteiger partial charge in [-0.15, -0.1) is 0 Å². The SMILES string of the molecule is CCN(C1(CN)CCCCC1)S(=O)(=O)N1CCC(C)CC1. The molecular formula is C15H31N3O2S. The van der Waals surface area contributed by atoms with Crippen LogP contribution in [-0.2, 0) is 10.2 Å². The topological polar surface area (TPSA) is 66.6 Å². The highest BCUT2D eigenvalue weighted by atomic mass is 32.2. The first-order valence-corrected chi connectivity index (χ1v) is 9.84. The maximum Gasteiger partial charge on any atom is 0.282 e. The van der Waals surface area contributed by atoms with Crippen molar-refractivity contribution in [1.82, 2.24) is 8.61 Å². The minimum absolute atomic E-state index is 0.352. The summed E-state index contributed by atoms with van der Waals surface area (Å²) >= 11 is 0. The van der Waals surface area contributed by atoms with Gasteiger partial charge in [0.2, 0.25) is 0 Å². The summed E-state index contributed by atoms with van der Waals surface area (Å²) in [7, 11) is -3.38. The van der Waals surface area contributed by atoms with Crippen LogP contribution in [-0.4, -0.2) is 48.7 Å². The molecule has 0 radical (unpaired) electrons.